The third-order valence-corrected chi connectivity index (χ3v) is 3.70. The number of hydrogen-bond donors (Lipinski definition) is 1. The third kappa shape index (κ3) is 2.25. The number of fused-ring (bicyclic) bond motifs is 1. The molecule has 1 atom stereocenters. The molecule has 1 N–H and O–H groups in total. The summed E-state index contributed by atoms with van der Waals surface area (Å²) in [6.45, 7) is 0. The molecule has 0 bridgehead atoms. The van der Waals surface area contributed by atoms with Gasteiger partial charge in [0.2, 0.25) is 0 Å². The summed E-state index contributed by atoms with van der Waals surface area (Å²) in [6, 6.07) is 9.04. The van der Waals surface area contributed by atoms with Crippen molar-refractivity contribution >= 4 is 21.7 Å². The molecule has 1 aliphatic rings. The first-order chi connectivity index (χ1) is 8.72. The predicted molar refractivity (Wildman–Crippen MR) is 73.0 cm³/mol. The van der Waals surface area contributed by atoms with Crippen LogP contribution in [0.15, 0.2) is 41.0 Å². The van der Waals surface area contributed by atoms with Gasteiger partial charge in [-0.05, 0) is 64.2 Å². The molecule has 0 aliphatic heterocycles. The lowest BCUT2D eigenvalue weighted by atomic mass is 10.1. The van der Waals surface area contributed by atoms with Crippen LogP contribution in [0.25, 0.3) is 0 Å². The Kier molecular flexibility index (Phi) is 3.04. The van der Waals surface area contributed by atoms with E-state index in [1.165, 1.54) is 11.6 Å². The summed E-state index contributed by atoms with van der Waals surface area (Å²) in [5.74, 6) is 0.645. The van der Waals surface area contributed by atoms with Crippen molar-refractivity contribution in [3.05, 3.63) is 57.9 Å². The second-order valence-electron chi connectivity index (χ2n) is 4.44. The Morgan fingerprint density at radius 3 is 2.94 bits per heavy atom. The molecule has 2 aromatic rings. The number of pyridine rings is 1. The van der Waals surface area contributed by atoms with Gasteiger partial charge in [-0.15, -0.1) is 0 Å². The van der Waals surface area contributed by atoms with Gasteiger partial charge < -0.3 is 5.32 Å². The highest BCUT2D eigenvalue weighted by Gasteiger charge is 2.22. The first kappa shape index (κ1) is 11.7. The Morgan fingerprint density at radius 1 is 1.28 bits per heavy atom. The van der Waals surface area contributed by atoms with E-state index < -0.39 is 0 Å². The van der Waals surface area contributed by atoms with E-state index >= 15 is 0 Å². The zero-order valence-electron chi connectivity index (χ0n) is 9.66. The van der Waals surface area contributed by atoms with Gasteiger partial charge in [-0.2, -0.15) is 0 Å². The first-order valence-electron chi connectivity index (χ1n) is 5.89. The van der Waals surface area contributed by atoms with E-state index in [1.807, 2.05) is 18.2 Å². The quantitative estimate of drug-likeness (QED) is 0.904. The van der Waals surface area contributed by atoms with Crippen LogP contribution in [0.1, 0.15) is 23.6 Å². The molecule has 1 aromatic heterocycles. The van der Waals surface area contributed by atoms with Gasteiger partial charge in [-0.25, -0.2) is 9.37 Å². The van der Waals surface area contributed by atoms with Crippen LogP contribution >= 0.6 is 15.9 Å². The average Bonchev–Trinajstić information content (AvgIpc) is 2.75. The predicted octanol–water partition coefficient (Wildman–Crippen LogP) is 4.08. The monoisotopic (exact) mass is 306 g/mol. The maximum atomic E-state index is 13.3. The van der Waals surface area contributed by atoms with Crippen molar-refractivity contribution in [3.8, 4) is 0 Å². The summed E-state index contributed by atoms with van der Waals surface area (Å²) in [5, 5.41) is 3.35. The molecule has 1 aromatic carbocycles. The normalized spacial score (nSPS) is 17.6. The van der Waals surface area contributed by atoms with Crippen LogP contribution in [0.4, 0.5) is 10.2 Å². The molecule has 2 nitrogen and oxygen atoms in total. The fourth-order valence-electron chi connectivity index (χ4n) is 2.36. The number of nitrogens with one attached hydrogen (secondary N) is 1. The van der Waals surface area contributed by atoms with Crippen LogP contribution in [0.2, 0.25) is 0 Å². The van der Waals surface area contributed by atoms with Crippen molar-refractivity contribution in [3.63, 3.8) is 0 Å². The summed E-state index contributed by atoms with van der Waals surface area (Å²) in [4.78, 5) is 4.29. The maximum Gasteiger partial charge on any atom is 0.126 e. The standard InChI is InChI=1S/C14H12BrFN2/c15-10-3-6-14(17-8-10)18-13-5-2-9-1-4-11(16)7-12(9)13/h1,3-4,6-8,13H,2,5H2,(H,17,18). The number of hydrogen-bond acceptors (Lipinski definition) is 2. The zero-order chi connectivity index (χ0) is 12.5. The van der Waals surface area contributed by atoms with E-state index in [0.717, 1.165) is 28.7 Å². The maximum absolute atomic E-state index is 13.3. The SMILES string of the molecule is Fc1ccc2c(c1)C(Nc1ccc(Br)cn1)CC2. The highest BCUT2D eigenvalue weighted by molar-refractivity contribution is 9.10. The van der Waals surface area contributed by atoms with E-state index in [1.54, 1.807) is 12.3 Å². The molecule has 4 heteroatoms. The average molecular weight is 307 g/mol. The third-order valence-electron chi connectivity index (χ3n) is 3.24. The van der Waals surface area contributed by atoms with Crippen LogP contribution in [-0.2, 0) is 6.42 Å². The molecule has 1 aliphatic carbocycles. The largest absolute Gasteiger partial charge is 0.363 e. The van der Waals surface area contributed by atoms with Gasteiger partial charge in [-0.1, -0.05) is 6.07 Å². The molecule has 0 radical (unpaired) electrons. The van der Waals surface area contributed by atoms with Crippen molar-refractivity contribution < 1.29 is 4.39 Å². The fraction of sp³-hybridized carbons (Fsp3) is 0.214. The Bertz CT molecular complexity index is 569. The smallest absolute Gasteiger partial charge is 0.126 e. The summed E-state index contributed by atoms with van der Waals surface area (Å²) >= 11 is 3.35. The molecule has 3 rings (SSSR count). The van der Waals surface area contributed by atoms with Gasteiger partial charge in [0, 0.05) is 10.7 Å². The van der Waals surface area contributed by atoms with Gasteiger partial charge in [-0.3, -0.25) is 0 Å². The lowest BCUT2D eigenvalue weighted by molar-refractivity contribution is 0.624. The number of anilines is 1. The summed E-state index contributed by atoms with van der Waals surface area (Å²) in [5.41, 5.74) is 2.28. The van der Waals surface area contributed by atoms with E-state index in [-0.39, 0.29) is 11.9 Å². The van der Waals surface area contributed by atoms with Gasteiger partial charge >= 0.3 is 0 Å². The molecule has 92 valence electrons. The van der Waals surface area contributed by atoms with E-state index in [0.29, 0.717) is 0 Å². The topological polar surface area (TPSA) is 24.9 Å². The number of aryl methyl sites for hydroxylation is 1. The van der Waals surface area contributed by atoms with E-state index in [4.69, 9.17) is 0 Å². The van der Waals surface area contributed by atoms with Crippen LogP contribution in [0.3, 0.4) is 0 Å². The van der Waals surface area contributed by atoms with Crippen molar-refractivity contribution in [1.82, 2.24) is 4.98 Å². The van der Waals surface area contributed by atoms with Gasteiger partial charge in [0.05, 0.1) is 6.04 Å². The number of aromatic nitrogens is 1. The van der Waals surface area contributed by atoms with Crippen LogP contribution in [0, 0.1) is 5.82 Å². The van der Waals surface area contributed by atoms with Gasteiger partial charge in [0.1, 0.15) is 11.6 Å². The number of nitrogens with zero attached hydrogens (tertiary/aromatic N) is 1. The molecule has 1 unspecified atom stereocenters. The molecular weight excluding hydrogens is 295 g/mol. The molecule has 1 heterocycles. The second-order valence-corrected chi connectivity index (χ2v) is 5.36. The highest BCUT2D eigenvalue weighted by atomic mass is 79.9. The zero-order valence-corrected chi connectivity index (χ0v) is 11.2. The molecule has 0 fully saturated rings. The lowest BCUT2D eigenvalue weighted by Crippen LogP contribution is -2.08. The molecule has 18 heavy (non-hydrogen) atoms. The molecule has 0 saturated carbocycles. The molecule has 0 saturated heterocycles. The van der Waals surface area contributed by atoms with Crippen LogP contribution in [0.5, 0.6) is 0 Å². The Balaban J connectivity index is 1.84. The van der Waals surface area contributed by atoms with Crippen molar-refractivity contribution in [2.75, 3.05) is 5.32 Å². The Morgan fingerprint density at radius 2 is 2.17 bits per heavy atom. The van der Waals surface area contributed by atoms with Crippen molar-refractivity contribution in [2.45, 2.75) is 18.9 Å². The Hall–Kier alpha value is -1.42. The minimum atomic E-state index is -0.175. The number of rotatable bonds is 2. The van der Waals surface area contributed by atoms with E-state index in [9.17, 15) is 4.39 Å². The van der Waals surface area contributed by atoms with Crippen LogP contribution < -0.4 is 5.32 Å². The number of benzene rings is 1. The summed E-state index contributed by atoms with van der Waals surface area (Å²) < 4.78 is 14.2. The lowest BCUT2D eigenvalue weighted by Gasteiger charge is -2.14. The van der Waals surface area contributed by atoms with Crippen molar-refractivity contribution in [1.29, 1.82) is 0 Å². The first-order valence-corrected chi connectivity index (χ1v) is 6.68. The molecule has 0 spiro atoms. The fourth-order valence-corrected chi connectivity index (χ4v) is 2.60. The summed E-state index contributed by atoms with van der Waals surface area (Å²) in [6.07, 6.45) is 3.73. The van der Waals surface area contributed by atoms with Gasteiger partial charge in [0.15, 0.2) is 0 Å². The van der Waals surface area contributed by atoms with Crippen LogP contribution in [-0.4, -0.2) is 4.98 Å². The second kappa shape index (κ2) is 4.69. The minimum absolute atomic E-state index is 0.157. The molecule has 0 amide bonds. The van der Waals surface area contributed by atoms with E-state index in [2.05, 4.69) is 26.2 Å². The van der Waals surface area contributed by atoms with Gasteiger partial charge in [0.25, 0.3) is 0 Å². The highest BCUT2D eigenvalue weighted by Crippen LogP contribution is 2.33. The molecular formula is C14H12BrFN2. The Labute approximate surface area is 113 Å². The summed E-state index contributed by atoms with van der Waals surface area (Å²) in [7, 11) is 0. The number of halogens is 2. The van der Waals surface area contributed by atoms with Crippen molar-refractivity contribution in [2.24, 2.45) is 0 Å². The minimum Gasteiger partial charge on any atom is -0.363 e.